The molecular formula is C29H30BrNO4. The van der Waals surface area contributed by atoms with Gasteiger partial charge in [-0.2, -0.15) is 0 Å². The number of dihydropyridines is 1. The van der Waals surface area contributed by atoms with Crippen LogP contribution in [0.25, 0.3) is 0 Å². The fourth-order valence-corrected chi connectivity index (χ4v) is 6.25. The summed E-state index contributed by atoms with van der Waals surface area (Å²) in [7, 11) is 1.62. The van der Waals surface area contributed by atoms with E-state index in [2.05, 4.69) is 33.4 Å². The molecule has 2 aromatic carbocycles. The molecule has 2 aromatic rings. The van der Waals surface area contributed by atoms with Crippen molar-refractivity contribution in [3.8, 4) is 5.75 Å². The van der Waals surface area contributed by atoms with Crippen LogP contribution in [0.5, 0.6) is 5.75 Å². The van der Waals surface area contributed by atoms with Crippen LogP contribution < -0.4 is 10.1 Å². The summed E-state index contributed by atoms with van der Waals surface area (Å²) in [5, 5.41) is 3.44. The van der Waals surface area contributed by atoms with E-state index >= 15 is 0 Å². The second kappa shape index (κ2) is 10.0. The standard InChI is InChI=1S/C29H30BrNO4/c1-17-26(29(33)35-21-10-6-7-11-21)27(19-12-13-25(34-2)22(30)14-19)28-23(31-17)15-20(16-24(28)32)18-8-4-3-5-9-18/h3-5,8-9,12-14,20-21,27,31H,6-7,10-11,15-16H2,1-2H3/t20-,27-/m1/s1. The Hall–Kier alpha value is -2.86. The highest BCUT2D eigenvalue weighted by Gasteiger charge is 2.42. The molecule has 0 aromatic heterocycles. The smallest absolute Gasteiger partial charge is 0.337 e. The van der Waals surface area contributed by atoms with Crippen molar-refractivity contribution in [3.05, 3.63) is 86.7 Å². The molecule has 1 N–H and O–H groups in total. The summed E-state index contributed by atoms with van der Waals surface area (Å²) in [5.74, 6) is 0.0722. The van der Waals surface area contributed by atoms with Crippen molar-refractivity contribution in [2.24, 2.45) is 0 Å². The van der Waals surface area contributed by atoms with Crippen molar-refractivity contribution in [1.82, 2.24) is 5.32 Å². The molecule has 6 heteroatoms. The third-order valence-electron chi connectivity index (χ3n) is 7.40. The van der Waals surface area contributed by atoms with Gasteiger partial charge < -0.3 is 14.8 Å². The molecule has 1 fully saturated rings. The van der Waals surface area contributed by atoms with Crippen LogP contribution in [0.4, 0.5) is 0 Å². The van der Waals surface area contributed by atoms with E-state index in [9.17, 15) is 9.59 Å². The van der Waals surface area contributed by atoms with Crippen LogP contribution in [0.2, 0.25) is 0 Å². The van der Waals surface area contributed by atoms with Gasteiger partial charge in [-0.15, -0.1) is 0 Å². The maximum Gasteiger partial charge on any atom is 0.337 e. The molecule has 2 aliphatic carbocycles. The first-order valence-corrected chi connectivity index (χ1v) is 13.1. The second-order valence-corrected chi connectivity index (χ2v) is 10.5. The number of hydrogen-bond acceptors (Lipinski definition) is 5. The molecule has 0 bridgehead atoms. The van der Waals surface area contributed by atoms with Gasteiger partial charge in [0.15, 0.2) is 5.78 Å². The van der Waals surface area contributed by atoms with Crippen LogP contribution in [0.15, 0.2) is 75.5 Å². The van der Waals surface area contributed by atoms with Gasteiger partial charge in [-0.3, -0.25) is 4.79 Å². The zero-order valence-corrected chi connectivity index (χ0v) is 21.7. The number of ether oxygens (including phenoxy) is 2. The lowest BCUT2D eigenvalue weighted by Gasteiger charge is -2.37. The number of halogens is 1. The first-order valence-electron chi connectivity index (χ1n) is 12.3. The normalized spacial score (nSPS) is 22.7. The molecule has 5 rings (SSSR count). The Labute approximate surface area is 214 Å². The fraction of sp³-hybridized carbons (Fsp3) is 0.379. The van der Waals surface area contributed by atoms with Gasteiger partial charge in [-0.25, -0.2) is 4.79 Å². The van der Waals surface area contributed by atoms with E-state index in [-0.39, 0.29) is 23.8 Å². The van der Waals surface area contributed by atoms with Crippen LogP contribution in [0, 0.1) is 0 Å². The van der Waals surface area contributed by atoms with Gasteiger partial charge in [-0.05, 0) is 84.1 Å². The molecule has 182 valence electrons. The van der Waals surface area contributed by atoms with Gasteiger partial charge in [0.1, 0.15) is 11.9 Å². The van der Waals surface area contributed by atoms with Gasteiger partial charge in [-0.1, -0.05) is 36.4 Å². The lowest BCUT2D eigenvalue weighted by molar-refractivity contribution is -0.144. The van der Waals surface area contributed by atoms with Crippen molar-refractivity contribution in [3.63, 3.8) is 0 Å². The first-order chi connectivity index (χ1) is 17.0. The van der Waals surface area contributed by atoms with Crippen LogP contribution in [0.1, 0.15) is 68.4 Å². The average Bonchev–Trinajstić information content (AvgIpc) is 3.36. The highest BCUT2D eigenvalue weighted by atomic mass is 79.9. The van der Waals surface area contributed by atoms with Gasteiger partial charge in [0.05, 0.1) is 17.2 Å². The summed E-state index contributed by atoms with van der Waals surface area (Å²) in [5.41, 5.74) is 4.89. The Morgan fingerprint density at radius 2 is 1.77 bits per heavy atom. The molecule has 2 atom stereocenters. The average molecular weight is 536 g/mol. The number of hydrogen-bond donors (Lipinski definition) is 1. The largest absolute Gasteiger partial charge is 0.496 e. The summed E-state index contributed by atoms with van der Waals surface area (Å²) in [6, 6.07) is 15.9. The minimum atomic E-state index is -0.480. The topological polar surface area (TPSA) is 64.6 Å². The minimum Gasteiger partial charge on any atom is -0.496 e. The molecule has 0 amide bonds. The van der Waals surface area contributed by atoms with E-state index in [0.717, 1.165) is 59.1 Å². The number of Topliss-reactive ketones (excluding diaryl/α,β-unsaturated/α-hetero) is 1. The highest BCUT2D eigenvalue weighted by Crippen LogP contribution is 2.47. The van der Waals surface area contributed by atoms with Gasteiger partial charge in [0, 0.05) is 29.3 Å². The van der Waals surface area contributed by atoms with E-state index < -0.39 is 5.92 Å². The quantitative estimate of drug-likeness (QED) is 0.454. The Bertz CT molecular complexity index is 1210. The first kappa shape index (κ1) is 23.9. The van der Waals surface area contributed by atoms with Crippen LogP contribution in [-0.2, 0) is 14.3 Å². The number of methoxy groups -OCH3 is 1. The molecule has 0 spiro atoms. The fourth-order valence-electron chi connectivity index (χ4n) is 5.69. The molecule has 1 saturated carbocycles. The number of carbonyl (C=O) groups excluding carboxylic acids is 2. The van der Waals surface area contributed by atoms with Gasteiger partial charge in [0.2, 0.25) is 0 Å². The van der Waals surface area contributed by atoms with Gasteiger partial charge >= 0.3 is 5.97 Å². The number of nitrogens with one attached hydrogen (secondary N) is 1. The summed E-state index contributed by atoms with van der Waals surface area (Å²) in [6.45, 7) is 1.91. The van der Waals surface area contributed by atoms with Crippen molar-refractivity contribution in [2.45, 2.75) is 63.4 Å². The number of benzene rings is 2. The summed E-state index contributed by atoms with van der Waals surface area (Å²) in [6.07, 6.45) is 5.05. The maximum absolute atomic E-state index is 13.7. The molecule has 0 saturated heterocycles. The van der Waals surface area contributed by atoms with Crippen LogP contribution >= 0.6 is 15.9 Å². The number of esters is 1. The van der Waals surface area contributed by atoms with Crippen molar-refractivity contribution in [2.75, 3.05) is 7.11 Å². The Morgan fingerprint density at radius 3 is 2.46 bits per heavy atom. The zero-order valence-electron chi connectivity index (χ0n) is 20.1. The second-order valence-electron chi connectivity index (χ2n) is 9.63. The van der Waals surface area contributed by atoms with E-state index in [1.807, 2.05) is 43.3 Å². The number of allylic oxidation sites excluding steroid dienone is 3. The van der Waals surface area contributed by atoms with Crippen LogP contribution in [-0.4, -0.2) is 25.0 Å². The monoisotopic (exact) mass is 535 g/mol. The summed E-state index contributed by atoms with van der Waals surface area (Å²) < 4.78 is 12.1. The van der Waals surface area contributed by atoms with Crippen molar-refractivity contribution < 1.29 is 19.1 Å². The number of rotatable bonds is 5. The third kappa shape index (κ3) is 4.68. The SMILES string of the molecule is COc1ccc([C@@H]2C(C(=O)OC3CCCC3)=C(C)NC3=C2C(=O)C[C@H](c2ccccc2)C3)cc1Br. The molecule has 5 nitrogen and oxygen atoms in total. The third-order valence-corrected chi connectivity index (χ3v) is 8.02. The number of carbonyl (C=O) groups is 2. The van der Waals surface area contributed by atoms with Gasteiger partial charge in [0.25, 0.3) is 0 Å². The molecule has 35 heavy (non-hydrogen) atoms. The van der Waals surface area contributed by atoms with Crippen molar-refractivity contribution >= 4 is 27.7 Å². The predicted octanol–water partition coefficient (Wildman–Crippen LogP) is 6.31. The molecule has 0 radical (unpaired) electrons. The maximum atomic E-state index is 13.7. The molecule has 0 unspecified atom stereocenters. The predicted molar refractivity (Wildman–Crippen MR) is 138 cm³/mol. The molecule has 1 aliphatic heterocycles. The highest BCUT2D eigenvalue weighted by molar-refractivity contribution is 9.10. The van der Waals surface area contributed by atoms with Crippen LogP contribution in [0.3, 0.4) is 0 Å². The Balaban J connectivity index is 1.57. The molecular weight excluding hydrogens is 506 g/mol. The number of ketones is 1. The molecule has 1 heterocycles. The summed E-state index contributed by atoms with van der Waals surface area (Å²) in [4.78, 5) is 27.2. The lowest BCUT2D eigenvalue weighted by atomic mass is 9.71. The minimum absolute atomic E-state index is 0.0500. The summed E-state index contributed by atoms with van der Waals surface area (Å²) >= 11 is 3.59. The molecule has 3 aliphatic rings. The van der Waals surface area contributed by atoms with Crippen molar-refractivity contribution in [1.29, 1.82) is 0 Å². The Kier molecular flexibility index (Phi) is 6.83. The zero-order chi connectivity index (χ0) is 24.5. The van der Waals surface area contributed by atoms with E-state index in [0.29, 0.717) is 23.3 Å². The Morgan fingerprint density at radius 1 is 1.03 bits per heavy atom. The lowest BCUT2D eigenvalue weighted by Crippen LogP contribution is -2.36. The van der Waals surface area contributed by atoms with E-state index in [1.54, 1.807) is 7.11 Å². The van der Waals surface area contributed by atoms with E-state index in [1.165, 1.54) is 0 Å². The van der Waals surface area contributed by atoms with E-state index in [4.69, 9.17) is 9.47 Å².